The van der Waals surface area contributed by atoms with E-state index < -0.39 is 0 Å². The topological polar surface area (TPSA) is 67.4 Å². The molecule has 3 rings (SSSR count). The molecule has 1 aliphatic rings. The standard InChI is InChI=1S/C20H21BrN2O3/c1-12-10-15(21)8-9-18(12)26-11-19(24)22-16-4-3-5-17(13(16)2)23-20(25)14-6-7-14/h3-5,8-10,14H,6-7,11H2,1-2H3,(H,22,24)(H,23,25). The second-order valence-corrected chi connectivity index (χ2v) is 7.40. The molecule has 1 fully saturated rings. The summed E-state index contributed by atoms with van der Waals surface area (Å²) >= 11 is 3.40. The molecule has 1 saturated carbocycles. The average Bonchev–Trinajstić information content (AvgIpc) is 3.43. The first-order valence-corrected chi connectivity index (χ1v) is 9.32. The van der Waals surface area contributed by atoms with Crippen LogP contribution in [0.5, 0.6) is 5.75 Å². The molecular formula is C20H21BrN2O3. The predicted molar refractivity (Wildman–Crippen MR) is 106 cm³/mol. The van der Waals surface area contributed by atoms with Crippen LogP contribution in [0.3, 0.4) is 0 Å². The lowest BCUT2D eigenvalue weighted by atomic mass is 10.1. The lowest BCUT2D eigenvalue weighted by molar-refractivity contribution is -0.118. The van der Waals surface area contributed by atoms with Crippen molar-refractivity contribution < 1.29 is 14.3 Å². The van der Waals surface area contributed by atoms with Gasteiger partial charge in [0.25, 0.3) is 5.91 Å². The number of nitrogens with one attached hydrogen (secondary N) is 2. The van der Waals surface area contributed by atoms with Gasteiger partial charge in [0.1, 0.15) is 5.75 Å². The zero-order valence-electron chi connectivity index (χ0n) is 14.8. The number of anilines is 2. The molecule has 1 aliphatic carbocycles. The van der Waals surface area contributed by atoms with E-state index in [1.165, 1.54) is 0 Å². The van der Waals surface area contributed by atoms with Crippen molar-refractivity contribution in [2.75, 3.05) is 17.2 Å². The Labute approximate surface area is 161 Å². The van der Waals surface area contributed by atoms with Crippen LogP contribution in [-0.2, 0) is 9.59 Å². The molecule has 0 aromatic heterocycles. The van der Waals surface area contributed by atoms with Crippen molar-refractivity contribution in [3.63, 3.8) is 0 Å². The highest BCUT2D eigenvalue weighted by Crippen LogP contribution is 2.31. The molecule has 26 heavy (non-hydrogen) atoms. The molecule has 0 unspecified atom stereocenters. The summed E-state index contributed by atoms with van der Waals surface area (Å²) in [6, 6.07) is 11.1. The van der Waals surface area contributed by atoms with Gasteiger partial charge in [-0.3, -0.25) is 9.59 Å². The number of carbonyl (C=O) groups is 2. The molecule has 0 saturated heterocycles. The van der Waals surface area contributed by atoms with Crippen LogP contribution in [0, 0.1) is 19.8 Å². The SMILES string of the molecule is Cc1cc(Br)ccc1OCC(=O)Nc1cccc(NC(=O)C2CC2)c1C. The van der Waals surface area contributed by atoms with Crippen LogP contribution >= 0.6 is 15.9 Å². The fourth-order valence-electron chi connectivity index (χ4n) is 2.59. The molecule has 5 nitrogen and oxygen atoms in total. The molecule has 0 spiro atoms. The minimum absolute atomic E-state index is 0.0469. The lowest BCUT2D eigenvalue weighted by Gasteiger charge is -2.14. The quantitative estimate of drug-likeness (QED) is 0.731. The third kappa shape index (κ3) is 4.64. The van der Waals surface area contributed by atoms with E-state index in [-0.39, 0.29) is 24.3 Å². The first kappa shape index (κ1) is 18.5. The van der Waals surface area contributed by atoms with Crippen molar-refractivity contribution in [3.8, 4) is 5.75 Å². The molecule has 0 bridgehead atoms. The number of halogens is 1. The minimum atomic E-state index is -0.249. The monoisotopic (exact) mass is 416 g/mol. The van der Waals surface area contributed by atoms with Gasteiger partial charge < -0.3 is 15.4 Å². The molecule has 0 heterocycles. The van der Waals surface area contributed by atoms with Crippen molar-refractivity contribution >= 4 is 39.1 Å². The highest BCUT2D eigenvalue weighted by molar-refractivity contribution is 9.10. The van der Waals surface area contributed by atoms with Gasteiger partial charge in [-0.05, 0) is 68.1 Å². The van der Waals surface area contributed by atoms with Crippen molar-refractivity contribution in [1.82, 2.24) is 0 Å². The Morgan fingerprint density at radius 1 is 1.12 bits per heavy atom. The Morgan fingerprint density at radius 3 is 2.46 bits per heavy atom. The zero-order chi connectivity index (χ0) is 18.7. The molecular weight excluding hydrogens is 396 g/mol. The van der Waals surface area contributed by atoms with E-state index in [4.69, 9.17) is 4.74 Å². The summed E-state index contributed by atoms with van der Waals surface area (Å²) in [6.07, 6.45) is 1.91. The fraction of sp³-hybridized carbons (Fsp3) is 0.300. The summed E-state index contributed by atoms with van der Waals surface area (Å²) in [5.74, 6) is 0.604. The molecule has 0 radical (unpaired) electrons. The summed E-state index contributed by atoms with van der Waals surface area (Å²) in [5, 5.41) is 5.78. The van der Waals surface area contributed by atoms with Crippen LogP contribution in [0.15, 0.2) is 40.9 Å². The smallest absolute Gasteiger partial charge is 0.262 e. The maximum absolute atomic E-state index is 12.2. The van der Waals surface area contributed by atoms with Gasteiger partial charge in [-0.1, -0.05) is 22.0 Å². The molecule has 0 atom stereocenters. The average molecular weight is 417 g/mol. The van der Waals surface area contributed by atoms with Crippen molar-refractivity contribution in [3.05, 3.63) is 52.0 Å². The third-order valence-corrected chi connectivity index (χ3v) is 4.80. The first-order chi connectivity index (χ1) is 12.4. The molecule has 136 valence electrons. The summed E-state index contributed by atoms with van der Waals surface area (Å²) in [4.78, 5) is 24.2. The summed E-state index contributed by atoms with van der Waals surface area (Å²) in [6.45, 7) is 3.71. The Morgan fingerprint density at radius 2 is 1.81 bits per heavy atom. The van der Waals surface area contributed by atoms with Crippen molar-refractivity contribution in [2.45, 2.75) is 26.7 Å². The van der Waals surface area contributed by atoms with Crippen molar-refractivity contribution in [2.24, 2.45) is 5.92 Å². The van der Waals surface area contributed by atoms with E-state index in [1.54, 1.807) is 0 Å². The molecule has 2 aromatic carbocycles. The van der Waals surface area contributed by atoms with E-state index in [2.05, 4.69) is 26.6 Å². The van der Waals surface area contributed by atoms with Gasteiger partial charge in [-0.2, -0.15) is 0 Å². The minimum Gasteiger partial charge on any atom is -0.483 e. The zero-order valence-corrected chi connectivity index (χ0v) is 16.4. The molecule has 2 aromatic rings. The van der Waals surface area contributed by atoms with Crippen LogP contribution in [0.2, 0.25) is 0 Å². The van der Waals surface area contributed by atoms with E-state index in [9.17, 15) is 9.59 Å². The Balaban J connectivity index is 1.60. The van der Waals surface area contributed by atoms with Gasteiger partial charge in [0.05, 0.1) is 0 Å². The molecule has 2 N–H and O–H groups in total. The van der Waals surface area contributed by atoms with E-state index in [0.29, 0.717) is 11.4 Å². The van der Waals surface area contributed by atoms with Gasteiger partial charge in [0.2, 0.25) is 5.91 Å². The normalized spacial score (nSPS) is 13.2. The highest BCUT2D eigenvalue weighted by atomic mass is 79.9. The largest absolute Gasteiger partial charge is 0.483 e. The summed E-state index contributed by atoms with van der Waals surface area (Å²) in [5.41, 5.74) is 3.17. The van der Waals surface area contributed by atoms with Crippen LogP contribution in [-0.4, -0.2) is 18.4 Å². The first-order valence-electron chi connectivity index (χ1n) is 8.53. The molecule has 2 amide bonds. The van der Waals surface area contributed by atoms with Gasteiger partial charge in [-0.25, -0.2) is 0 Å². The van der Waals surface area contributed by atoms with Crippen LogP contribution in [0.1, 0.15) is 24.0 Å². The van der Waals surface area contributed by atoms with E-state index in [1.807, 2.05) is 50.2 Å². The van der Waals surface area contributed by atoms with Gasteiger partial charge in [-0.15, -0.1) is 0 Å². The van der Waals surface area contributed by atoms with Gasteiger partial charge in [0.15, 0.2) is 6.61 Å². The number of hydrogen-bond acceptors (Lipinski definition) is 3. The number of benzene rings is 2. The molecule has 0 aliphatic heterocycles. The summed E-state index contributed by atoms with van der Waals surface area (Å²) in [7, 11) is 0. The fourth-order valence-corrected chi connectivity index (χ4v) is 3.07. The molecule has 6 heteroatoms. The Kier molecular flexibility index (Phi) is 5.61. The van der Waals surface area contributed by atoms with Crippen LogP contribution in [0.25, 0.3) is 0 Å². The van der Waals surface area contributed by atoms with Gasteiger partial charge in [0, 0.05) is 21.8 Å². The van der Waals surface area contributed by atoms with E-state index in [0.717, 1.165) is 34.1 Å². The van der Waals surface area contributed by atoms with Crippen molar-refractivity contribution in [1.29, 1.82) is 0 Å². The maximum atomic E-state index is 12.2. The second kappa shape index (κ2) is 7.91. The summed E-state index contributed by atoms with van der Waals surface area (Å²) < 4.78 is 6.56. The number of amides is 2. The lowest BCUT2D eigenvalue weighted by Crippen LogP contribution is -2.21. The second-order valence-electron chi connectivity index (χ2n) is 6.49. The number of aryl methyl sites for hydroxylation is 1. The van der Waals surface area contributed by atoms with Crippen LogP contribution < -0.4 is 15.4 Å². The highest BCUT2D eigenvalue weighted by Gasteiger charge is 2.29. The predicted octanol–water partition coefficient (Wildman–Crippen LogP) is 4.43. The Bertz CT molecular complexity index is 847. The Hall–Kier alpha value is -2.34. The third-order valence-electron chi connectivity index (χ3n) is 4.31. The maximum Gasteiger partial charge on any atom is 0.262 e. The van der Waals surface area contributed by atoms with E-state index >= 15 is 0 Å². The van der Waals surface area contributed by atoms with Crippen LogP contribution in [0.4, 0.5) is 11.4 Å². The number of ether oxygens (including phenoxy) is 1. The van der Waals surface area contributed by atoms with Gasteiger partial charge >= 0.3 is 0 Å². The number of rotatable bonds is 6. The number of carbonyl (C=O) groups excluding carboxylic acids is 2. The number of hydrogen-bond donors (Lipinski definition) is 2.